The Morgan fingerprint density at radius 3 is 1.12 bits per heavy atom. The van der Waals surface area contributed by atoms with Gasteiger partial charge in [-0.25, -0.2) is 0 Å². The van der Waals surface area contributed by atoms with Gasteiger partial charge in [0, 0.05) is 17.3 Å². The highest BCUT2D eigenvalue weighted by Gasteiger charge is 2.21. The number of unbranched alkanes of at least 4 members (excludes halogenated alkanes) is 6. The molecule has 0 atom stereocenters. The quantitative estimate of drug-likeness (QED) is 0.366. The summed E-state index contributed by atoms with van der Waals surface area (Å²) in [7, 11) is -1.76. The van der Waals surface area contributed by atoms with Gasteiger partial charge in [0.15, 0.2) is 0 Å². The minimum absolute atomic E-state index is 0.883. The first-order valence-corrected chi connectivity index (χ1v) is 9.68. The molecule has 0 saturated carbocycles. The second kappa shape index (κ2) is 11.4. The lowest BCUT2D eigenvalue weighted by Crippen LogP contribution is -2.09. The van der Waals surface area contributed by atoms with Crippen LogP contribution in [0.25, 0.3) is 0 Å². The van der Waals surface area contributed by atoms with Crippen LogP contribution in [0.1, 0.15) is 78.6 Å². The van der Waals surface area contributed by atoms with E-state index in [2.05, 4.69) is 20.8 Å². The highest BCUT2D eigenvalue weighted by molar-refractivity contribution is 8.29. The Morgan fingerprint density at radius 2 is 0.882 bits per heavy atom. The molecule has 0 nitrogen and oxygen atoms in total. The first kappa shape index (κ1) is 17.3. The fraction of sp³-hybridized carbons (Fsp3) is 1.00. The molecule has 0 spiro atoms. The molecule has 0 unspecified atom stereocenters. The fourth-order valence-electron chi connectivity index (χ4n) is 2.14. The molecule has 0 aromatic carbocycles. The molecule has 0 radical (unpaired) electrons. The predicted molar refractivity (Wildman–Crippen MR) is 81.9 cm³/mol. The van der Waals surface area contributed by atoms with Crippen molar-refractivity contribution in [2.45, 2.75) is 78.6 Å². The summed E-state index contributed by atoms with van der Waals surface area (Å²) in [4.78, 5) is 0. The van der Waals surface area contributed by atoms with E-state index in [0.717, 1.165) is 36.5 Å². The lowest BCUT2D eigenvalue weighted by molar-refractivity contribution is 0.720. The molecule has 0 saturated heterocycles. The van der Waals surface area contributed by atoms with Gasteiger partial charge in [-0.1, -0.05) is 69.7 Å². The number of rotatable bonds is 12. The van der Waals surface area contributed by atoms with Crippen LogP contribution < -0.4 is 0 Å². The molecule has 106 valence electrons. The molecule has 2 heteroatoms. The molecule has 0 bridgehead atoms. The monoisotopic (exact) mass is 264 g/mol. The van der Waals surface area contributed by atoms with Crippen molar-refractivity contribution in [1.82, 2.24) is 0 Å². The smallest absolute Gasteiger partial charge is 0.00357 e. The van der Waals surface area contributed by atoms with E-state index >= 15 is 0 Å². The van der Waals surface area contributed by atoms with Gasteiger partial charge < -0.3 is 0 Å². The number of hydrogen-bond donors (Lipinski definition) is 0. The average Bonchev–Trinajstić information content (AvgIpc) is 2.30. The Bertz CT molecular complexity index is 132. The van der Waals surface area contributed by atoms with Crippen LogP contribution in [-0.2, 0) is 0 Å². The first-order valence-electron chi connectivity index (χ1n) is 7.64. The van der Waals surface area contributed by atoms with Gasteiger partial charge in [0.1, 0.15) is 0 Å². The third-order valence-electron chi connectivity index (χ3n) is 3.34. The molecular weight excluding hydrogens is 231 g/mol. The third-order valence-corrected chi connectivity index (χ3v) is 6.40. The Hall–Kier alpha value is 0.280. The second-order valence-corrected chi connectivity index (χ2v) is 8.28. The molecule has 0 aromatic heterocycles. The SMILES string of the molecule is CCCCCS(F)(CCCCC)CCCCC. The van der Waals surface area contributed by atoms with E-state index in [4.69, 9.17) is 0 Å². The van der Waals surface area contributed by atoms with Crippen LogP contribution in [0.3, 0.4) is 0 Å². The summed E-state index contributed by atoms with van der Waals surface area (Å²) in [5.74, 6) is 2.65. The van der Waals surface area contributed by atoms with E-state index in [1.165, 1.54) is 38.5 Å². The van der Waals surface area contributed by atoms with Crippen molar-refractivity contribution in [2.24, 2.45) is 0 Å². The maximum absolute atomic E-state index is 14.8. The largest absolute Gasteiger partial charge is 0.189 e. The van der Waals surface area contributed by atoms with Crippen molar-refractivity contribution < 1.29 is 3.89 Å². The minimum atomic E-state index is -1.76. The molecule has 0 heterocycles. The summed E-state index contributed by atoms with van der Waals surface area (Å²) in [5.41, 5.74) is 0. The van der Waals surface area contributed by atoms with Crippen LogP contribution >= 0.6 is 10.4 Å². The molecule has 0 aliphatic heterocycles. The topological polar surface area (TPSA) is 0 Å². The number of hydrogen-bond acceptors (Lipinski definition) is 0. The predicted octanol–water partition coefficient (Wildman–Crippen LogP) is 6.25. The van der Waals surface area contributed by atoms with Gasteiger partial charge in [0.25, 0.3) is 0 Å². The van der Waals surface area contributed by atoms with Gasteiger partial charge in [-0.3, -0.25) is 0 Å². The van der Waals surface area contributed by atoms with Crippen LogP contribution in [0.15, 0.2) is 0 Å². The van der Waals surface area contributed by atoms with E-state index in [-0.39, 0.29) is 0 Å². The Morgan fingerprint density at radius 1 is 0.588 bits per heavy atom. The normalized spacial score (nSPS) is 12.9. The van der Waals surface area contributed by atoms with Gasteiger partial charge in [0.05, 0.1) is 0 Å². The molecule has 17 heavy (non-hydrogen) atoms. The van der Waals surface area contributed by atoms with Crippen LogP contribution in [0, 0.1) is 0 Å². The van der Waals surface area contributed by atoms with E-state index in [9.17, 15) is 3.89 Å². The van der Waals surface area contributed by atoms with Crippen LogP contribution in [0.5, 0.6) is 0 Å². The van der Waals surface area contributed by atoms with Gasteiger partial charge in [-0.05, 0) is 19.3 Å². The van der Waals surface area contributed by atoms with E-state index < -0.39 is 10.4 Å². The maximum Gasteiger partial charge on any atom is 0.00357 e. The first-order chi connectivity index (χ1) is 8.18. The van der Waals surface area contributed by atoms with Gasteiger partial charge in [-0.2, -0.15) is 3.89 Å². The van der Waals surface area contributed by atoms with Crippen LogP contribution in [0.4, 0.5) is 3.89 Å². The molecular formula is C15H33FS. The van der Waals surface area contributed by atoms with E-state index in [0.29, 0.717) is 0 Å². The van der Waals surface area contributed by atoms with E-state index in [1.54, 1.807) is 0 Å². The van der Waals surface area contributed by atoms with Crippen LogP contribution in [0.2, 0.25) is 0 Å². The van der Waals surface area contributed by atoms with Gasteiger partial charge in [-0.15, -0.1) is 0 Å². The summed E-state index contributed by atoms with van der Waals surface area (Å²) >= 11 is 0. The second-order valence-electron chi connectivity index (χ2n) is 5.17. The lowest BCUT2D eigenvalue weighted by atomic mass is 10.3. The van der Waals surface area contributed by atoms with Crippen molar-refractivity contribution >= 4 is 10.4 Å². The summed E-state index contributed by atoms with van der Waals surface area (Å²) in [6.07, 6.45) is 10.6. The van der Waals surface area contributed by atoms with Crippen LogP contribution in [-0.4, -0.2) is 17.3 Å². The van der Waals surface area contributed by atoms with Gasteiger partial charge >= 0.3 is 0 Å². The summed E-state index contributed by atoms with van der Waals surface area (Å²) < 4.78 is 14.8. The summed E-state index contributed by atoms with van der Waals surface area (Å²) in [5, 5.41) is 0. The average molecular weight is 264 g/mol. The summed E-state index contributed by atoms with van der Waals surface area (Å²) in [6, 6.07) is 0. The zero-order valence-corrected chi connectivity index (χ0v) is 13.1. The van der Waals surface area contributed by atoms with Crippen molar-refractivity contribution in [3.63, 3.8) is 0 Å². The van der Waals surface area contributed by atoms with Crippen molar-refractivity contribution in [1.29, 1.82) is 0 Å². The van der Waals surface area contributed by atoms with Crippen molar-refractivity contribution in [3.8, 4) is 0 Å². The van der Waals surface area contributed by atoms with Gasteiger partial charge in [0.2, 0.25) is 0 Å². The Kier molecular flexibility index (Phi) is 11.6. The fourth-order valence-corrected chi connectivity index (χ4v) is 4.92. The van der Waals surface area contributed by atoms with Crippen molar-refractivity contribution in [3.05, 3.63) is 0 Å². The highest BCUT2D eigenvalue weighted by atomic mass is 32.3. The standard InChI is InChI=1S/C15H33FS/c1-4-7-10-13-17(16,14-11-8-5-2)15-12-9-6-3/h4-15H2,1-3H3. The third kappa shape index (κ3) is 9.93. The molecule has 0 aliphatic carbocycles. The summed E-state index contributed by atoms with van der Waals surface area (Å²) in [6.45, 7) is 6.59. The molecule has 0 N–H and O–H groups in total. The molecule has 0 amide bonds. The maximum atomic E-state index is 14.8. The zero-order valence-electron chi connectivity index (χ0n) is 12.3. The minimum Gasteiger partial charge on any atom is -0.189 e. The molecule has 0 aromatic rings. The zero-order chi connectivity index (χ0) is 13.0. The van der Waals surface area contributed by atoms with Crippen molar-refractivity contribution in [2.75, 3.05) is 17.3 Å². The Labute approximate surface area is 110 Å². The Balaban J connectivity index is 3.95. The molecule has 0 rings (SSSR count). The number of halogens is 1. The highest BCUT2D eigenvalue weighted by Crippen LogP contribution is 2.52. The molecule has 0 aliphatic rings. The molecule has 0 fully saturated rings. The lowest BCUT2D eigenvalue weighted by Gasteiger charge is -2.31. The van der Waals surface area contributed by atoms with E-state index in [1.807, 2.05) is 0 Å².